The van der Waals surface area contributed by atoms with Gasteiger partial charge in [-0.1, -0.05) is 30.3 Å². The fourth-order valence-electron chi connectivity index (χ4n) is 8.01. The minimum atomic E-state index is -0.421. The molecule has 1 aliphatic carbocycles. The van der Waals surface area contributed by atoms with Gasteiger partial charge in [0.2, 0.25) is 0 Å². The van der Waals surface area contributed by atoms with E-state index in [9.17, 15) is 5.26 Å². The third kappa shape index (κ3) is 3.62. The van der Waals surface area contributed by atoms with E-state index in [-0.39, 0.29) is 6.71 Å². The maximum absolute atomic E-state index is 10.2. The van der Waals surface area contributed by atoms with Crippen LogP contribution in [0, 0.1) is 11.3 Å². The molecule has 44 heavy (non-hydrogen) atoms. The van der Waals surface area contributed by atoms with Gasteiger partial charge in [0.15, 0.2) is 0 Å². The van der Waals surface area contributed by atoms with Gasteiger partial charge in [-0.2, -0.15) is 0 Å². The monoisotopic (exact) mass is 632 g/mol. The molecule has 3 aliphatic heterocycles. The number of rotatable bonds is 2. The summed E-state index contributed by atoms with van der Waals surface area (Å²) in [5.74, 6) is 1.68. The molecular weight excluding hydrogens is 602 g/mol. The molecule has 9 rings (SSSR count). The summed E-state index contributed by atoms with van der Waals surface area (Å²) < 4.78 is 9.96. The molecule has 3 heterocycles. The van der Waals surface area contributed by atoms with Crippen molar-refractivity contribution in [3.8, 4) is 17.6 Å². The van der Waals surface area contributed by atoms with Gasteiger partial charge in [0.25, 0.3) is 0 Å². The average molecular weight is 631 g/mol. The molecule has 5 heteroatoms. The van der Waals surface area contributed by atoms with Crippen LogP contribution in [0.25, 0.3) is 0 Å². The first kappa shape index (κ1) is 26.0. The van der Waals surface area contributed by atoms with Crippen molar-refractivity contribution < 1.29 is 4.74 Å². The number of ether oxygens (including phenoxy) is 1. The quantitative estimate of drug-likeness (QED) is 0.217. The standard InChI is InChI=1S/C39H29BN2OSe/c1-39(26-11-3-2-4-12-26)28-13-5-6-14-30(28)40-31-20-19-27(23-34(31)43-35-22-25(24-41)21-29(39)38(35)40)42-32-15-7-9-17-36(32)44-37-18-10-8-16-33(37)42/h2-7,9,11-15,17,19-23H,8,10,16,18H2,1H3. The molecule has 1 unspecified atom stereocenters. The molecule has 0 radical (unpaired) electrons. The SMILES string of the molecule is CC1(c2ccccc2)c2ccccc2B2c3ccc(N4C5=C(CCCC5)[Se]c5ccccc54)cc3Oc3cc(C#N)cc1c32. The van der Waals surface area contributed by atoms with E-state index in [1.165, 1.54) is 62.6 Å². The minimum absolute atomic E-state index is 0.0277. The van der Waals surface area contributed by atoms with E-state index in [4.69, 9.17) is 4.74 Å². The van der Waals surface area contributed by atoms with Gasteiger partial charge in [-0.15, -0.1) is 0 Å². The first-order valence-electron chi connectivity index (χ1n) is 15.5. The van der Waals surface area contributed by atoms with E-state index in [0.29, 0.717) is 20.5 Å². The number of nitriles is 1. The van der Waals surface area contributed by atoms with Crippen molar-refractivity contribution in [1.82, 2.24) is 0 Å². The van der Waals surface area contributed by atoms with Gasteiger partial charge in [-0.25, -0.2) is 0 Å². The first-order valence-corrected chi connectivity index (χ1v) is 17.2. The van der Waals surface area contributed by atoms with Gasteiger partial charge in [0, 0.05) is 0 Å². The van der Waals surface area contributed by atoms with Crippen LogP contribution in [-0.2, 0) is 5.41 Å². The number of allylic oxidation sites excluding steroid dienone is 2. The average Bonchev–Trinajstić information content (AvgIpc) is 3.08. The van der Waals surface area contributed by atoms with Crippen LogP contribution in [0.3, 0.4) is 0 Å². The summed E-state index contributed by atoms with van der Waals surface area (Å²) in [7, 11) is 0. The van der Waals surface area contributed by atoms with E-state index in [1.807, 2.05) is 6.07 Å². The summed E-state index contributed by atoms with van der Waals surface area (Å²) >= 11 is 0.383. The molecule has 0 fully saturated rings. The maximum atomic E-state index is 10.2. The zero-order chi connectivity index (χ0) is 29.4. The van der Waals surface area contributed by atoms with Crippen LogP contribution < -0.4 is 30.5 Å². The Balaban J connectivity index is 1.26. The van der Waals surface area contributed by atoms with Crippen LogP contribution in [0.4, 0.5) is 11.4 Å². The Morgan fingerprint density at radius 3 is 2.48 bits per heavy atom. The second-order valence-corrected chi connectivity index (χ2v) is 14.8. The molecule has 3 nitrogen and oxygen atoms in total. The third-order valence-corrected chi connectivity index (χ3v) is 12.7. The molecule has 210 valence electrons. The van der Waals surface area contributed by atoms with Crippen molar-refractivity contribution in [2.75, 3.05) is 4.90 Å². The van der Waals surface area contributed by atoms with Crippen LogP contribution in [0.5, 0.6) is 11.5 Å². The fraction of sp³-hybridized carbons (Fsp3) is 0.154. The zero-order valence-corrected chi connectivity index (χ0v) is 26.2. The van der Waals surface area contributed by atoms with Crippen LogP contribution in [-0.4, -0.2) is 21.7 Å². The number of hydrogen-bond donors (Lipinski definition) is 0. The third-order valence-electron chi connectivity index (χ3n) is 10.0. The fourth-order valence-corrected chi connectivity index (χ4v) is 10.6. The molecule has 5 aromatic carbocycles. The Hall–Kier alpha value is -4.49. The van der Waals surface area contributed by atoms with Crippen LogP contribution >= 0.6 is 0 Å². The molecule has 0 spiro atoms. The van der Waals surface area contributed by atoms with Gasteiger partial charge < -0.3 is 0 Å². The van der Waals surface area contributed by atoms with Crippen LogP contribution in [0.15, 0.2) is 119 Å². The number of nitrogens with zero attached hydrogens (tertiary/aromatic N) is 2. The first-order chi connectivity index (χ1) is 21.6. The van der Waals surface area contributed by atoms with Gasteiger partial charge in [-0.3, -0.25) is 0 Å². The Kier molecular flexibility index (Phi) is 5.76. The summed E-state index contributed by atoms with van der Waals surface area (Å²) in [5.41, 5.74) is 11.5. The van der Waals surface area contributed by atoms with Gasteiger partial charge >= 0.3 is 236 Å². The van der Waals surface area contributed by atoms with Crippen molar-refractivity contribution in [1.29, 1.82) is 5.26 Å². The van der Waals surface area contributed by atoms with Crippen LogP contribution in [0.2, 0.25) is 0 Å². The number of benzene rings is 5. The van der Waals surface area contributed by atoms with Crippen LogP contribution in [0.1, 0.15) is 54.9 Å². The van der Waals surface area contributed by atoms with Crippen molar-refractivity contribution in [2.45, 2.75) is 38.0 Å². The molecular formula is C39H29BN2OSe. The molecule has 0 amide bonds. The molecule has 5 aromatic rings. The Labute approximate surface area is 265 Å². The van der Waals surface area contributed by atoms with E-state index < -0.39 is 5.41 Å². The summed E-state index contributed by atoms with van der Waals surface area (Å²) in [6, 6.07) is 41.8. The predicted octanol–water partition coefficient (Wildman–Crippen LogP) is 6.11. The van der Waals surface area contributed by atoms with Crippen molar-refractivity contribution in [2.24, 2.45) is 0 Å². The topological polar surface area (TPSA) is 36.3 Å². The number of para-hydroxylation sites is 1. The summed E-state index contributed by atoms with van der Waals surface area (Å²) in [4.78, 5) is 2.51. The molecule has 1 atom stereocenters. The molecule has 0 aromatic heterocycles. The molecule has 0 bridgehead atoms. The Bertz CT molecular complexity index is 2080. The molecule has 0 saturated carbocycles. The van der Waals surface area contributed by atoms with Crippen molar-refractivity contribution in [3.05, 3.63) is 142 Å². The Morgan fingerprint density at radius 1 is 0.795 bits per heavy atom. The van der Waals surface area contributed by atoms with E-state index in [0.717, 1.165) is 29.2 Å². The van der Waals surface area contributed by atoms with E-state index >= 15 is 0 Å². The summed E-state index contributed by atoms with van der Waals surface area (Å²) in [6.45, 7) is 2.33. The van der Waals surface area contributed by atoms with Crippen molar-refractivity contribution in [3.63, 3.8) is 0 Å². The Morgan fingerprint density at radius 2 is 1.59 bits per heavy atom. The molecule has 4 aliphatic rings. The van der Waals surface area contributed by atoms with Gasteiger partial charge in [0.05, 0.1) is 0 Å². The second kappa shape index (κ2) is 9.76. The normalized spacial score (nSPS) is 19.1. The van der Waals surface area contributed by atoms with Crippen molar-refractivity contribution >= 4 is 53.9 Å². The number of hydrogen-bond acceptors (Lipinski definition) is 3. The van der Waals surface area contributed by atoms with Gasteiger partial charge in [-0.05, 0) is 0 Å². The second-order valence-electron chi connectivity index (χ2n) is 12.4. The van der Waals surface area contributed by atoms with Gasteiger partial charge in [0.1, 0.15) is 0 Å². The summed E-state index contributed by atoms with van der Waals surface area (Å²) in [5, 5.41) is 10.2. The zero-order valence-electron chi connectivity index (χ0n) is 24.5. The summed E-state index contributed by atoms with van der Waals surface area (Å²) in [6.07, 6.45) is 4.84. The molecule has 0 N–H and O–H groups in total. The van der Waals surface area contributed by atoms with E-state index in [1.54, 1.807) is 4.47 Å². The van der Waals surface area contributed by atoms with E-state index in [2.05, 4.69) is 121 Å². The molecule has 0 saturated heterocycles. The number of anilines is 2. The predicted molar refractivity (Wildman–Crippen MR) is 180 cm³/mol. The number of fused-ring (bicyclic) bond motifs is 5.